The predicted molar refractivity (Wildman–Crippen MR) is 73.4 cm³/mol. The third-order valence-corrected chi connectivity index (χ3v) is 3.27. The van der Waals surface area contributed by atoms with Gasteiger partial charge in [-0.05, 0) is 0 Å². The minimum absolute atomic E-state index is 0.0806. The first-order valence-electron chi connectivity index (χ1n) is 5.74. The summed E-state index contributed by atoms with van der Waals surface area (Å²) in [7, 11) is 1.83. The Bertz CT molecular complexity index is 765. The van der Waals surface area contributed by atoms with Crippen LogP contribution in [-0.4, -0.2) is 20.3 Å². The van der Waals surface area contributed by atoms with Gasteiger partial charge >= 0.3 is 0 Å². The van der Waals surface area contributed by atoms with Gasteiger partial charge in [0.2, 0.25) is 0 Å². The average Bonchev–Trinajstić information content (AvgIpc) is 2.78. The monoisotopic (exact) mass is 271 g/mol. The van der Waals surface area contributed by atoms with E-state index in [0.717, 1.165) is 0 Å². The molecule has 2 aromatic heterocycles. The topological polar surface area (TPSA) is 47.8 Å². The average molecular weight is 272 g/mol. The Balaban J connectivity index is 2.24. The molecule has 4 nitrogen and oxygen atoms in total. The molecule has 0 fully saturated rings. The number of benzene rings is 1. The van der Waals surface area contributed by atoms with Crippen LogP contribution in [0.25, 0.3) is 11.0 Å². The number of hydrogen-bond acceptors (Lipinski definition) is 3. The smallest absolute Gasteiger partial charge is 0.195 e. The molecule has 0 aliphatic carbocycles. The zero-order valence-corrected chi connectivity index (χ0v) is 10.9. The fraction of sp³-hybridized carbons (Fsp3) is 0.0714. The molecule has 3 rings (SSSR count). The Morgan fingerprint density at radius 3 is 2.68 bits per heavy atom. The van der Waals surface area contributed by atoms with E-state index in [9.17, 15) is 4.79 Å². The van der Waals surface area contributed by atoms with Crippen LogP contribution in [0.5, 0.6) is 0 Å². The van der Waals surface area contributed by atoms with Gasteiger partial charge in [-0.15, -0.1) is 0 Å². The van der Waals surface area contributed by atoms with Gasteiger partial charge in [0.05, 0.1) is 10.9 Å². The first-order chi connectivity index (χ1) is 9.18. The van der Waals surface area contributed by atoms with Crippen molar-refractivity contribution < 1.29 is 4.79 Å². The van der Waals surface area contributed by atoms with Crippen LogP contribution < -0.4 is 0 Å². The molecule has 1 aromatic carbocycles. The van der Waals surface area contributed by atoms with Gasteiger partial charge in [-0.2, -0.15) is 0 Å². The normalized spacial score (nSPS) is 10.8. The molecule has 2 heterocycles. The minimum Gasteiger partial charge on any atom is -0.335 e. The summed E-state index contributed by atoms with van der Waals surface area (Å²) in [5.41, 5.74) is 1.79. The highest BCUT2D eigenvalue weighted by molar-refractivity contribution is 6.36. The second-order valence-electron chi connectivity index (χ2n) is 4.21. The van der Waals surface area contributed by atoms with Crippen LogP contribution in [0.1, 0.15) is 15.9 Å². The van der Waals surface area contributed by atoms with Crippen LogP contribution in [0.4, 0.5) is 0 Å². The van der Waals surface area contributed by atoms with Crippen molar-refractivity contribution in [2.75, 3.05) is 0 Å². The maximum atomic E-state index is 12.5. The van der Waals surface area contributed by atoms with Gasteiger partial charge in [-0.25, -0.2) is 9.97 Å². The quantitative estimate of drug-likeness (QED) is 0.532. The van der Waals surface area contributed by atoms with Crippen LogP contribution in [0, 0.1) is 0 Å². The first kappa shape index (κ1) is 11.9. The zero-order chi connectivity index (χ0) is 13.4. The fourth-order valence-electron chi connectivity index (χ4n) is 2.09. The van der Waals surface area contributed by atoms with E-state index in [1.54, 1.807) is 22.9 Å². The molecule has 0 saturated heterocycles. The van der Waals surface area contributed by atoms with Crippen molar-refractivity contribution in [2.45, 2.75) is 0 Å². The van der Waals surface area contributed by atoms with Crippen molar-refractivity contribution in [3.63, 3.8) is 0 Å². The summed E-state index contributed by atoms with van der Waals surface area (Å²) in [6.45, 7) is 0. The molecule has 0 N–H and O–H groups in total. The van der Waals surface area contributed by atoms with Crippen LogP contribution in [0.15, 0.2) is 42.9 Å². The number of rotatable bonds is 2. The number of carbonyl (C=O) groups excluding carboxylic acids is 1. The van der Waals surface area contributed by atoms with Crippen LogP contribution in [0.3, 0.4) is 0 Å². The van der Waals surface area contributed by atoms with Crippen molar-refractivity contribution in [1.29, 1.82) is 0 Å². The van der Waals surface area contributed by atoms with E-state index in [2.05, 4.69) is 9.97 Å². The lowest BCUT2D eigenvalue weighted by Crippen LogP contribution is -2.00. The van der Waals surface area contributed by atoms with Gasteiger partial charge in [-0.1, -0.05) is 41.9 Å². The SMILES string of the molecule is Cn1cc(C(=O)c2ccccc2)c2c(Cl)ncnc21. The molecule has 0 unspecified atom stereocenters. The Labute approximate surface area is 114 Å². The van der Waals surface area contributed by atoms with Crippen molar-refractivity contribution in [3.05, 3.63) is 59.1 Å². The van der Waals surface area contributed by atoms with E-state index in [1.165, 1.54) is 6.33 Å². The van der Waals surface area contributed by atoms with Crippen LogP contribution >= 0.6 is 11.6 Å². The first-order valence-corrected chi connectivity index (χ1v) is 6.11. The summed E-state index contributed by atoms with van der Waals surface area (Å²) >= 11 is 6.09. The Kier molecular flexibility index (Phi) is 2.80. The lowest BCUT2D eigenvalue weighted by atomic mass is 10.0. The molecule has 94 valence electrons. The number of fused-ring (bicyclic) bond motifs is 1. The van der Waals surface area contributed by atoms with Crippen LogP contribution in [-0.2, 0) is 7.05 Å². The Morgan fingerprint density at radius 2 is 1.95 bits per heavy atom. The summed E-state index contributed by atoms with van der Waals surface area (Å²) in [6.07, 6.45) is 3.13. The largest absolute Gasteiger partial charge is 0.335 e. The number of nitrogens with zero attached hydrogens (tertiary/aromatic N) is 3. The lowest BCUT2D eigenvalue weighted by molar-refractivity contribution is 0.104. The maximum absolute atomic E-state index is 12.5. The van der Waals surface area contributed by atoms with Crippen molar-refractivity contribution in [1.82, 2.24) is 14.5 Å². The van der Waals surface area contributed by atoms with Gasteiger partial charge < -0.3 is 4.57 Å². The molecule has 0 atom stereocenters. The van der Waals surface area contributed by atoms with E-state index in [-0.39, 0.29) is 5.78 Å². The predicted octanol–water partition coefficient (Wildman–Crippen LogP) is 2.85. The highest BCUT2D eigenvalue weighted by Gasteiger charge is 2.18. The molecule has 19 heavy (non-hydrogen) atoms. The summed E-state index contributed by atoms with van der Waals surface area (Å²) in [5.74, 6) is -0.0806. The maximum Gasteiger partial charge on any atom is 0.195 e. The number of aromatic nitrogens is 3. The highest BCUT2D eigenvalue weighted by Crippen LogP contribution is 2.26. The Hall–Kier alpha value is -2.20. The molecular formula is C14H10ClN3O. The molecule has 5 heteroatoms. The standard InChI is InChI=1S/C14H10ClN3O/c1-18-7-10(11-13(15)16-8-17-14(11)18)12(19)9-5-3-2-4-6-9/h2-8H,1H3. The van der Waals surface area contributed by atoms with Crippen LogP contribution in [0.2, 0.25) is 5.15 Å². The lowest BCUT2D eigenvalue weighted by Gasteiger charge is -1.99. The van der Waals surface area contributed by atoms with Gasteiger partial charge in [0.15, 0.2) is 5.78 Å². The van der Waals surface area contributed by atoms with Gasteiger partial charge in [0, 0.05) is 18.8 Å². The molecule has 0 aliphatic rings. The van der Waals surface area contributed by atoms with Gasteiger partial charge in [0.1, 0.15) is 17.1 Å². The molecule has 0 saturated carbocycles. The number of ketones is 1. The van der Waals surface area contributed by atoms with E-state index in [1.807, 2.05) is 25.2 Å². The molecule has 3 aromatic rings. The second-order valence-corrected chi connectivity index (χ2v) is 4.57. The highest BCUT2D eigenvalue weighted by atomic mass is 35.5. The van der Waals surface area contributed by atoms with Gasteiger partial charge in [-0.3, -0.25) is 4.79 Å². The Morgan fingerprint density at radius 1 is 1.21 bits per heavy atom. The summed E-state index contributed by atoms with van der Waals surface area (Å²) < 4.78 is 1.78. The summed E-state index contributed by atoms with van der Waals surface area (Å²) in [4.78, 5) is 20.6. The molecule has 0 radical (unpaired) electrons. The number of carbonyl (C=O) groups is 1. The summed E-state index contributed by atoms with van der Waals surface area (Å²) in [6, 6.07) is 9.08. The minimum atomic E-state index is -0.0806. The van der Waals surface area contributed by atoms with E-state index in [0.29, 0.717) is 27.3 Å². The number of hydrogen-bond donors (Lipinski definition) is 0. The van der Waals surface area contributed by atoms with E-state index >= 15 is 0 Å². The van der Waals surface area contributed by atoms with Gasteiger partial charge in [0.25, 0.3) is 0 Å². The second kappa shape index (κ2) is 4.48. The molecule has 0 bridgehead atoms. The number of aryl methyl sites for hydroxylation is 1. The molecular weight excluding hydrogens is 262 g/mol. The number of halogens is 1. The van der Waals surface area contributed by atoms with Crippen molar-refractivity contribution >= 4 is 28.4 Å². The van der Waals surface area contributed by atoms with Crippen molar-refractivity contribution in [2.24, 2.45) is 7.05 Å². The summed E-state index contributed by atoms with van der Waals surface area (Å²) in [5, 5.41) is 0.894. The molecule has 0 spiro atoms. The molecule has 0 amide bonds. The molecule has 0 aliphatic heterocycles. The van der Waals surface area contributed by atoms with E-state index in [4.69, 9.17) is 11.6 Å². The third kappa shape index (κ3) is 1.90. The fourth-order valence-corrected chi connectivity index (χ4v) is 2.32. The van der Waals surface area contributed by atoms with Crippen molar-refractivity contribution in [3.8, 4) is 0 Å². The third-order valence-electron chi connectivity index (χ3n) is 2.99. The zero-order valence-electron chi connectivity index (χ0n) is 10.2. The van der Waals surface area contributed by atoms with E-state index < -0.39 is 0 Å².